The summed E-state index contributed by atoms with van der Waals surface area (Å²) in [4.78, 5) is 0. The van der Waals surface area contributed by atoms with Gasteiger partial charge in [0.1, 0.15) is 17.3 Å². The van der Waals surface area contributed by atoms with E-state index in [9.17, 15) is 4.39 Å². The summed E-state index contributed by atoms with van der Waals surface area (Å²) in [5, 5.41) is 0. The molecular weight excluding hydrogens is 245 g/mol. The topological polar surface area (TPSA) is 44.5 Å². The Bertz CT molecular complexity index is 584. The monoisotopic (exact) mass is 261 g/mol. The highest BCUT2D eigenvalue weighted by Crippen LogP contribution is 2.33. The lowest BCUT2D eigenvalue weighted by molar-refractivity contribution is 0.395. The first kappa shape index (κ1) is 13.4. The van der Waals surface area contributed by atoms with Crippen LogP contribution in [0.3, 0.4) is 0 Å². The molecule has 0 spiro atoms. The Morgan fingerprint density at radius 3 is 2.47 bits per heavy atom. The van der Waals surface area contributed by atoms with Gasteiger partial charge >= 0.3 is 0 Å². The van der Waals surface area contributed by atoms with Crippen LogP contribution in [0.2, 0.25) is 0 Å². The molecule has 0 aliphatic heterocycles. The third-order valence-corrected chi connectivity index (χ3v) is 2.99. The van der Waals surface area contributed by atoms with E-state index < -0.39 is 0 Å². The molecule has 2 aromatic carbocycles. The van der Waals surface area contributed by atoms with Crippen LogP contribution in [0.25, 0.3) is 11.1 Å². The van der Waals surface area contributed by atoms with Crippen molar-refractivity contribution in [3.05, 3.63) is 47.8 Å². The van der Waals surface area contributed by atoms with Gasteiger partial charge in [-0.2, -0.15) is 0 Å². The zero-order chi connectivity index (χ0) is 13.8. The molecular formula is C15H16FNO2. The molecule has 0 saturated carbocycles. The fourth-order valence-electron chi connectivity index (χ4n) is 1.94. The Hall–Kier alpha value is -2.07. The van der Waals surface area contributed by atoms with Gasteiger partial charge in [0, 0.05) is 23.7 Å². The standard InChI is InChI=1S/C15H16FNO2/c1-18-12-4-5-13(15(8-12)19-2)10-3-6-14(16)11(7-10)9-17/h3-8H,9,17H2,1-2H3. The van der Waals surface area contributed by atoms with E-state index in [-0.39, 0.29) is 12.4 Å². The van der Waals surface area contributed by atoms with Gasteiger partial charge in [-0.25, -0.2) is 4.39 Å². The molecule has 0 saturated heterocycles. The third-order valence-electron chi connectivity index (χ3n) is 2.99. The molecule has 19 heavy (non-hydrogen) atoms. The third kappa shape index (κ3) is 2.69. The van der Waals surface area contributed by atoms with E-state index in [2.05, 4.69) is 0 Å². The second-order valence-corrected chi connectivity index (χ2v) is 4.08. The van der Waals surface area contributed by atoms with Gasteiger partial charge in [0.15, 0.2) is 0 Å². The summed E-state index contributed by atoms with van der Waals surface area (Å²) in [7, 11) is 3.19. The van der Waals surface area contributed by atoms with Crippen molar-refractivity contribution in [2.24, 2.45) is 5.73 Å². The minimum Gasteiger partial charge on any atom is -0.497 e. The van der Waals surface area contributed by atoms with Crippen LogP contribution in [0.5, 0.6) is 11.5 Å². The van der Waals surface area contributed by atoms with Gasteiger partial charge in [0.25, 0.3) is 0 Å². The minimum atomic E-state index is -0.293. The van der Waals surface area contributed by atoms with E-state index in [4.69, 9.17) is 15.2 Å². The largest absolute Gasteiger partial charge is 0.497 e. The first-order valence-corrected chi connectivity index (χ1v) is 5.90. The molecule has 0 bridgehead atoms. The van der Waals surface area contributed by atoms with Crippen LogP contribution in [-0.4, -0.2) is 14.2 Å². The Kier molecular flexibility index (Phi) is 4.02. The molecule has 3 nitrogen and oxygen atoms in total. The van der Waals surface area contributed by atoms with Crippen LogP contribution < -0.4 is 15.2 Å². The summed E-state index contributed by atoms with van der Waals surface area (Å²) in [6, 6.07) is 10.4. The molecule has 0 radical (unpaired) electrons. The SMILES string of the molecule is COc1ccc(-c2ccc(F)c(CN)c2)c(OC)c1. The predicted octanol–water partition coefficient (Wildman–Crippen LogP) is 2.97. The second kappa shape index (κ2) is 5.71. The van der Waals surface area contributed by atoms with Crippen molar-refractivity contribution in [2.45, 2.75) is 6.54 Å². The summed E-state index contributed by atoms with van der Waals surface area (Å²) in [6.07, 6.45) is 0. The van der Waals surface area contributed by atoms with Crippen LogP contribution in [0, 0.1) is 5.82 Å². The number of methoxy groups -OCH3 is 2. The van der Waals surface area contributed by atoms with Gasteiger partial charge in [-0.1, -0.05) is 6.07 Å². The van der Waals surface area contributed by atoms with Gasteiger partial charge in [-0.15, -0.1) is 0 Å². The highest BCUT2D eigenvalue weighted by atomic mass is 19.1. The minimum absolute atomic E-state index is 0.165. The zero-order valence-electron chi connectivity index (χ0n) is 10.9. The Balaban J connectivity index is 2.52. The highest BCUT2D eigenvalue weighted by molar-refractivity contribution is 5.72. The summed E-state index contributed by atoms with van der Waals surface area (Å²) < 4.78 is 23.9. The highest BCUT2D eigenvalue weighted by Gasteiger charge is 2.09. The maximum atomic E-state index is 13.5. The summed E-state index contributed by atoms with van der Waals surface area (Å²) >= 11 is 0. The van der Waals surface area contributed by atoms with Crippen LogP contribution in [0.4, 0.5) is 4.39 Å². The quantitative estimate of drug-likeness (QED) is 0.920. The van der Waals surface area contributed by atoms with Crippen molar-refractivity contribution in [1.82, 2.24) is 0 Å². The predicted molar refractivity (Wildman–Crippen MR) is 72.8 cm³/mol. The smallest absolute Gasteiger partial charge is 0.130 e. The fourth-order valence-corrected chi connectivity index (χ4v) is 1.94. The Morgan fingerprint density at radius 1 is 1.05 bits per heavy atom. The van der Waals surface area contributed by atoms with Gasteiger partial charge in [0.05, 0.1) is 14.2 Å². The number of nitrogens with two attached hydrogens (primary N) is 1. The first-order valence-electron chi connectivity index (χ1n) is 5.90. The Morgan fingerprint density at radius 2 is 1.84 bits per heavy atom. The maximum Gasteiger partial charge on any atom is 0.130 e. The van der Waals surface area contributed by atoms with Gasteiger partial charge in [-0.3, -0.25) is 0 Å². The number of hydrogen-bond acceptors (Lipinski definition) is 3. The first-order chi connectivity index (χ1) is 9.19. The van der Waals surface area contributed by atoms with Crippen molar-refractivity contribution < 1.29 is 13.9 Å². The molecule has 2 aromatic rings. The van der Waals surface area contributed by atoms with Gasteiger partial charge in [0.2, 0.25) is 0 Å². The van der Waals surface area contributed by atoms with E-state index in [1.165, 1.54) is 6.07 Å². The Labute approximate surface area is 111 Å². The fraction of sp³-hybridized carbons (Fsp3) is 0.200. The molecule has 0 aromatic heterocycles. The zero-order valence-corrected chi connectivity index (χ0v) is 10.9. The van der Waals surface area contributed by atoms with Crippen molar-refractivity contribution in [1.29, 1.82) is 0 Å². The van der Waals surface area contributed by atoms with Crippen LogP contribution in [0.1, 0.15) is 5.56 Å². The molecule has 0 aliphatic rings. The molecule has 0 heterocycles. The molecule has 4 heteroatoms. The average Bonchev–Trinajstić information content (AvgIpc) is 2.47. The van der Waals surface area contributed by atoms with Crippen LogP contribution in [0.15, 0.2) is 36.4 Å². The number of rotatable bonds is 4. The number of benzene rings is 2. The van der Waals surface area contributed by atoms with Crippen LogP contribution in [-0.2, 0) is 6.54 Å². The second-order valence-electron chi connectivity index (χ2n) is 4.08. The van der Waals surface area contributed by atoms with Crippen molar-refractivity contribution in [2.75, 3.05) is 14.2 Å². The van der Waals surface area contributed by atoms with Gasteiger partial charge < -0.3 is 15.2 Å². The van der Waals surface area contributed by atoms with E-state index in [1.54, 1.807) is 32.4 Å². The lowest BCUT2D eigenvalue weighted by Gasteiger charge is -2.11. The number of hydrogen-bond donors (Lipinski definition) is 1. The van der Waals surface area contributed by atoms with Crippen molar-refractivity contribution in [3.63, 3.8) is 0 Å². The number of ether oxygens (including phenoxy) is 2. The van der Waals surface area contributed by atoms with E-state index in [1.807, 2.05) is 12.1 Å². The maximum absolute atomic E-state index is 13.5. The van der Waals surface area contributed by atoms with Gasteiger partial charge in [-0.05, 0) is 29.8 Å². The lowest BCUT2D eigenvalue weighted by atomic mass is 10.0. The molecule has 100 valence electrons. The normalized spacial score (nSPS) is 10.3. The molecule has 0 atom stereocenters. The molecule has 0 unspecified atom stereocenters. The molecule has 0 fully saturated rings. The summed E-state index contributed by atoms with van der Waals surface area (Å²) in [5.41, 5.74) is 7.74. The number of halogens is 1. The van der Waals surface area contributed by atoms with Crippen molar-refractivity contribution in [3.8, 4) is 22.6 Å². The van der Waals surface area contributed by atoms with Crippen molar-refractivity contribution >= 4 is 0 Å². The van der Waals surface area contributed by atoms with E-state index in [0.717, 1.165) is 11.1 Å². The van der Waals surface area contributed by atoms with E-state index in [0.29, 0.717) is 17.1 Å². The molecule has 0 amide bonds. The van der Waals surface area contributed by atoms with E-state index >= 15 is 0 Å². The average molecular weight is 261 g/mol. The molecule has 0 aliphatic carbocycles. The molecule has 2 rings (SSSR count). The summed E-state index contributed by atoms with van der Waals surface area (Å²) in [5.74, 6) is 1.09. The summed E-state index contributed by atoms with van der Waals surface area (Å²) in [6.45, 7) is 0.165. The lowest BCUT2D eigenvalue weighted by Crippen LogP contribution is -2.00. The molecule has 2 N–H and O–H groups in total. The van der Waals surface area contributed by atoms with Crippen LogP contribution >= 0.6 is 0 Å².